The summed E-state index contributed by atoms with van der Waals surface area (Å²) in [6, 6.07) is 3.67. The molecule has 1 heterocycles. The average Bonchev–Trinajstić information content (AvgIpc) is 3.05. The van der Waals surface area contributed by atoms with Crippen molar-refractivity contribution in [1.82, 2.24) is 9.29 Å². The molecule has 0 saturated heterocycles. The van der Waals surface area contributed by atoms with E-state index in [4.69, 9.17) is 0 Å². The Morgan fingerprint density at radius 3 is 2.33 bits per heavy atom. The lowest BCUT2D eigenvalue weighted by molar-refractivity contribution is 0.0902. The SMILES string of the molecule is CCc1c(C(=O)Nc2cc(S(=O)(=O)N(CC)CC)ccc2O)[nH]c(C)c1C(=O)CO. The number of ketones is 1. The zero-order valence-electron chi connectivity index (χ0n) is 17.4. The van der Waals surface area contributed by atoms with Crippen molar-refractivity contribution in [2.75, 3.05) is 25.0 Å². The molecule has 0 radical (unpaired) electrons. The lowest BCUT2D eigenvalue weighted by Crippen LogP contribution is -2.30. The number of rotatable bonds is 9. The first-order valence-electron chi connectivity index (χ1n) is 9.62. The van der Waals surface area contributed by atoms with Crippen LogP contribution in [0.2, 0.25) is 0 Å². The number of aliphatic hydroxyl groups excluding tert-OH is 1. The van der Waals surface area contributed by atoms with Crippen LogP contribution in [0.25, 0.3) is 0 Å². The Bertz CT molecular complexity index is 1050. The summed E-state index contributed by atoms with van der Waals surface area (Å²) in [4.78, 5) is 27.7. The van der Waals surface area contributed by atoms with E-state index >= 15 is 0 Å². The maximum Gasteiger partial charge on any atom is 0.272 e. The molecular weight excluding hydrogens is 410 g/mol. The summed E-state index contributed by atoms with van der Waals surface area (Å²) < 4.78 is 26.7. The number of aryl methyl sites for hydroxylation is 1. The standard InChI is InChI=1S/C20H27N3O6S/c1-5-14-18(17(26)11-24)12(4)21-19(14)20(27)22-15-10-13(8-9-16(15)25)30(28,29)23(6-2)7-3/h8-10,21,24-25H,5-7,11H2,1-4H3,(H,22,27). The molecular formula is C20H27N3O6S. The summed E-state index contributed by atoms with van der Waals surface area (Å²) in [5.74, 6) is -1.44. The highest BCUT2D eigenvalue weighted by Crippen LogP contribution is 2.29. The van der Waals surface area contributed by atoms with Gasteiger partial charge in [0.1, 0.15) is 18.1 Å². The van der Waals surface area contributed by atoms with Gasteiger partial charge in [0.2, 0.25) is 10.0 Å². The fourth-order valence-corrected chi connectivity index (χ4v) is 4.84. The number of hydrogen-bond acceptors (Lipinski definition) is 6. The average molecular weight is 438 g/mol. The summed E-state index contributed by atoms with van der Waals surface area (Å²) >= 11 is 0. The summed E-state index contributed by atoms with van der Waals surface area (Å²) in [7, 11) is -3.78. The van der Waals surface area contributed by atoms with E-state index in [-0.39, 0.29) is 40.7 Å². The number of anilines is 1. The predicted molar refractivity (Wildman–Crippen MR) is 112 cm³/mol. The number of aromatic amines is 1. The van der Waals surface area contributed by atoms with Crippen LogP contribution in [0.4, 0.5) is 5.69 Å². The first-order chi connectivity index (χ1) is 14.1. The van der Waals surface area contributed by atoms with Crippen molar-refractivity contribution < 1.29 is 28.2 Å². The molecule has 4 N–H and O–H groups in total. The molecule has 0 atom stereocenters. The van der Waals surface area contributed by atoms with Crippen molar-refractivity contribution >= 4 is 27.4 Å². The zero-order chi connectivity index (χ0) is 22.6. The van der Waals surface area contributed by atoms with Gasteiger partial charge in [0, 0.05) is 24.3 Å². The third kappa shape index (κ3) is 4.40. The van der Waals surface area contributed by atoms with E-state index in [9.17, 15) is 28.2 Å². The molecule has 0 saturated carbocycles. The van der Waals surface area contributed by atoms with Crippen LogP contribution < -0.4 is 5.32 Å². The number of aliphatic hydroxyl groups is 1. The van der Waals surface area contributed by atoms with E-state index in [1.54, 1.807) is 27.7 Å². The van der Waals surface area contributed by atoms with E-state index in [1.807, 2.05) is 0 Å². The fourth-order valence-electron chi connectivity index (χ4n) is 3.35. The predicted octanol–water partition coefficient (Wildman–Crippen LogP) is 2.05. The van der Waals surface area contributed by atoms with Gasteiger partial charge >= 0.3 is 0 Å². The van der Waals surface area contributed by atoms with Gasteiger partial charge in [0.15, 0.2) is 5.78 Å². The number of aromatic hydroxyl groups is 1. The topological polar surface area (TPSA) is 140 Å². The number of benzene rings is 1. The first kappa shape index (κ1) is 23.6. The van der Waals surface area contributed by atoms with E-state index in [1.165, 1.54) is 22.5 Å². The monoisotopic (exact) mass is 437 g/mol. The van der Waals surface area contributed by atoms with Crippen LogP contribution in [0, 0.1) is 6.92 Å². The Morgan fingerprint density at radius 1 is 1.17 bits per heavy atom. The molecule has 0 bridgehead atoms. The molecule has 9 nitrogen and oxygen atoms in total. The smallest absolute Gasteiger partial charge is 0.272 e. The minimum absolute atomic E-state index is 0.0613. The molecule has 1 amide bonds. The molecule has 30 heavy (non-hydrogen) atoms. The van der Waals surface area contributed by atoms with Gasteiger partial charge in [-0.25, -0.2) is 8.42 Å². The highest BCUT2D eigenvalue weighted by Gasteiger charge is 2.25. The van der Waals surface area contributed by atoms with Gasteiger partial charge < -0.3 is 20.5 Å². The maximum atomic E-state index is 12.8. The Hall–Kier alpha value is -2.69. The largest absolute Gasteiger partial charge is 0.506 e. The van der Waals surface area contributed by atoms with Crippen molar-refractivity contribution in [1.29, 1.82) is 0 Å². The molecule has 1 aromatic carbocycles. The number of sulfonamides is 1. The van der Waals surface area contributed by atoms with Crippen molar-refractivity contribution in [2.45, 2.75) is 39.0 Å². The summed E-state index contributed by atoms with van der Waals surface area (Å²) in [6.45, 7) is 6.70. The van der Waals surface area contributed by atoms with Crippen molar-refractivity contribution in [3.8, 4) is 5.75 Å². The second kappa shape index (κ2) is 9.41. The number of phenolic OH excluding ortho intramolecular Hbond substituents is 1. The molecule has 0 aliphatic carbocycles. The number of nitrogens with zero attached hydrogens (tertiary/aromatic N) is 1. The molecule has 0 aliphatic heterocycles. The molecule has 0 fully saturated rings. The summed E-state index contributed by atoms with van der Waals surface area (Å²) in [5, 5.41) is 21.8. The quantitative estimate of drug-likeness (QED) is 0.350. The third-order valence-corrected chi connectivity index (χ3v) is 6.90. The van der Waals surface area contributed by atoms with E-state index < -0.39 is 28.3 Å². The molecule has 0 unspecified atom stereocenters. The second-order valence-corrected chi connectivity index (χ2v) is 8.57. The molecule has 164 valence electrons. The van der Waals surface area contributed by atoms with Crippen LogP contribution in [0.3, 0.4) is 0 Å². The van der Waals surface area contributed by atoms with Gasteiger partial charge in [-0.2, -0.15) is 4.31 Å². The Labute approximate surface area is 175 Å². The Kier molecular flexibility index (Phi) is 7.40. The molecule has 2 rings (SSSR count). The Balaban J connectivity index is 2.45. The lowest BCUT2D eigenvalue weighted by Gasteiger charge is -2.19. The van der Waals surface area contributed by atoms with E-state index in [0.29, 0.717) is 17.7 Å². The van der Waals surface area contributed by atoms with Gasteiger partial charge in [0.05, 0.1) is 10.6 Å². The minimum atomic E-state index is -3.78. The number of hydrogen-bond donors (Lipinski definition) is 4. The van der Waals surface area contributed by atoms with Crippen LogP contribution in [-0.4, -0.2) is 59.3 Å². The number of aromatic nitrogens is 1. The van der Waals surface area contributed by atoms with Gasteiger partial charge in [0.25, 0.3) is 5.91 Å². The number of amides is 1. The van der Waals surface area contributed by atoms with Gasteiger partial charge in [-0.05, 0) is 37.1 Å². The van der Waals surface area contributed by atoms with Gasteiger partial charge in [-0.1, -0.05) is 20.8 Å². The number of carbonyl (C=O) groups is 2. The normalized spacial score (nSPS) is 11.7. The molecule has 1 aromatic heterocycles. The highest BCUT2D eigenvalue weighted by molar-refractivity contribution is 7.89. The van der Waals surface area contributed by atoms with Gasteiger partial charge in [-0.15, -0.1) is 0 Å². The summed E-state index contributed by atoms with van der Waals surface area (Å²) in [5.41, 5.74) is 1.18. The maximum absolute atomic E-state index is 12.8. The highest BCUT2D eigenvalue weighted by atomic mass is 32.2. The van der Waals surface area contributed by atoms with Crippen molar-refractivity contribution in [3.63, 3.8) is 0 Å². The number of nitrogens with one attached hydrogen (secondary N) is 2. The number of phenols is 1. The lowest BCUT2D eigenvalue weighted by atomic mass is 10.0. The van der Waals surface area contributed by atoms with Crippen LogP contribution in [0.1, 0.15) is 52.9 Å². The van der Waals surface area contributed by atoms with Crippen molar-refractivity contribution in [2.24, 2.45) is 0 Å². The number of Topliss-reactive ketones (excluding diaryl/α,β-unsaturated/α-hetero) is 1. The van der Waals surface area contributed by atoms with Crippen LogP contribution in [0.5, 0.6) is 5.75 Å². The second-order valence-electron chi connectivity index (χ2n) is 6.64. The van der Waals surface area contributed by atoms with E-state index in [2.05, 4.69) is 10.3 Å². The fraction of sp³-hybridized carbons (Fsp3) is 0.400. The third-order valence-electron chi connectivity index (χ3n) is 4.85. The zero-order valence-corrected chi connectivity index (χ0v) is 18.3. The first-order valence-corrected chi connectivity index (χ1v) is 11.1. The van der Waals surface area contributed by atoms with Gasteiger partial charge in [-0.3, -0.25) is 9.59 Å². The van der Waals surface area contributed by atoms with Crippen LogP contribution in [0.15, 0.2) is 23.1 Å². The molecule has 0 aliphatic rings. The Morgan fingerprint density at radius 2 is 1.80 bits per heavy atom. The molecule has 0 spiro atoms. The molecule has 2 aromatic rings. The van der Waals surface area contributed by atoms with Crippen molar-refractivity contribution in [3.05, 3.63) is 40.7 Å². The van der Waals surface area contributed by atoms with E-state index in [0.717, 1.165) is 0 Å². The number of carbonyl (C=O) groups excluding carboxylic acids is 2. The molecule has 10 heteroatoms. The number of H-pyrrole nitrogens is 1. The van der Waals surface area contributed by atoms with Crippen LogP contribution >= 0.6 is 0 Å². The minimum Gasteiger partial charge on any atom is -0.506 e. The summed E-state index contributed by atoms with van der Waals surface area (Å²) in [6.07, 6.45) is 0.358. The van der Waals surface area contributed by atoms with Crippen LogP contribution in [-0.2, 0) is 16.4 Å².